The lowest BCUT2D eigenvalue weighted by molar-refractivity contribution is 0.240. The Bertz CT molecular complexity index is 531. The molecule has 0 aromatic heterocycles. The highest BCUT2D eigenvalue weighted by Gasteiger charge is 2.08. The maximum absolute atomic E-state index is 13.6. The van der Waals surface area contributed by atoms with Gasteiger partial charge in [0.05, 0.1) is 13.2 Å². The Kier molecular flexibility index (Phi) is 5.38. The second kappa shape index (κ2) is 7.50. The lowest BCUT2D eigenvalue weighted by Crippen LogP contribution is -2.08. The van der Waals surface area contributed by atoms with Gasteiger partial charge in [-0.15, -0.1) is 0 Å². The van der Waals surface area contributed by atoms with Crippen molar-refractivity contribution in [2.24, 2.45) is 5.73 Å². The van der Waals surface area contributed by atoms with Crippen molar-refractivity contribution in [2.75, 3.05) is 13.2 Å². The van der Waals surface area contributed by atoms with Crippen LogP contribution in [0.1, 0.15) is 12.0 Å². The van der Waals surface area contributed by atoms with Gasteiger partial charge in [0.2, 0.25) is 0 Å². The van der Waals surface area contributed by atoms with Crippen LogP contribution < -0.4 is 15.2 Å². The molecule has 0 bridgehead atoms. The smallest absolute Gasteiger partial charge is 0.165 e. The Balaban J connectivity index is 1.76. The average Bonchev–Trinajstić information content (AvgIpc) is 2.49. The van der Waals surface area contributed by atoms with Crippen LogP contribution in [0.15, 0.2) is 48.5 Å². The molecule has 0 heterocycles. The first-order chi connectivity index (χ1) is 9.81. The van der Waals surface area contributed by atoms with Gasteiger partial charge < -0.3 is 15.2 Å². The summed E-state index contributed by atoms with van der Waals surface area (Å²) in [6.07, 6.45) is 0.674. The molecule has 4 heteroatoms. The van der Waals surface area contributed by atoms with Crippen LogP contribution in [0.4, 0.5) is 4.39 Å². The van der Waals surface area contributed by atoms with E-state index in [4.69, 9.17) is 15.2 Å². The first-order valence-electron chi connectivity index (χ1n) is 6.59. The summed E-state index contributed by atoms with van der Waals surface area (Å²) in [5, 5.41) is 0. The Morgan fingerprint density at radius 2 is 1.65 bits per heavy atom. The predicted molar refractivity (Wildman–Crippen MR) is 76.3 cm³/mol. The van der Waals surface area contributed by atoms with Gasteiger partial charge >= 0.3 is 0 Å². The molecule has 0 saturated heterocycles. The molecule has 0 atom stereocenters. The van der Waals surface area contributed by atoms with E-state index in [1.807, 2.05) is 30.3 Å². The van der Waals surface area contributed by atoms with E-state index >= 15 is 0 Å². The molecular formula is C16H18FNO2. The molecule has 3 nitrogen and oxygen atoms in total. The van der Waals surface area contributed by atoms with E-state index in [9.17, 15) is 4.39 Å². The van der Waals surface area contributed by atoms with Crippen molar-refractivity contribution in [1.82, 2.24) is 0 Å². The maximum atomic E-state index is 13.6. The molecule has 0 aliphatic carbocycles. The van der Waals surface area contributed by atoms with Crippen molar-refractivity contribution in [3.8, 4) is 11.5 Å². The number of hydrogen-bond acceptors (Lipinski definition) is 3. The van der Waals surface area contributed by atoms with Crippen molar-refractivity contribution in [1.29, 1.82) is 0 Å². The van der Waals surface area contributed by atoms with Gasteiger partial charge in [0.1, 0.15) is 5.75 Å². The van der Waals surface area contributed by atoms with E-state index in [0.29, 0.717) is 25.2 Å². The molecular weight excluding hydrogens is 257 g/mol. The van der Waals surface area contributed by atoms with Crippen molar-refractivity contribution < 1.29 is 13.9 Å². The third-order valence-corrected chi connectivity index (χ3v) is 2.82. The average molecular weight is 275 g/mol. The highest BCUT2D eigenvalue weighted by atomic mass is 19.1. The van der Waals surface area contributed by atoms with Crippen molar-refractivity contribution in [3.05, 3.63) is 59.9 Å². The van der Waals surface area contributed by atoms with Crippen LogP contribution in [0, 0.1) is 5.82 Å². The lowest BCUT2D eigenvalue weighted by Gasteiger charge is -2.11. The third-order valence-electron chi connectivity index (χ3n) is 2.82. The molecule has 2 aromatic carbocycles. The summed E-state index contributed by atoms with van der Waals surface area (Å²) in [6.45, 7) is 1.17. The van der Waals surface area contributed by atoms with Crippen LogP contribution in [0.3, 0.4) is 0 Å². The minimum atomic E-state index is -0.378. The standard InChI is InChI=1S/C16H18FNO2/c17-15-9-4-6-13(12-18)16(15)20-11-5-10-19-14-7-2-1-3-8-14/h1-4,6-9H,5,10-12,18H2. The van der Waals surface area contributed by atoms with Crippen molar-refractivity contribution in [3.63, 3.8) is 0 Å². The van der Waals surface area contributed by atoms with Gasteiger partial charge in [0.15, 0.2) is 11.6 Å². The SMILES string of the molecule is NCc1cccc(F)c1OCCCOc1ccccc1. The van der Waals surface area contributed by atoms with Gasteiger partial charge in [-0.05, 0) is 18.2 Å². The van der Waals surface area contributed by atoms with Crippen LogP contribution in [0.5, 0.6) is 11.5 Å². The maximum Gasteiger partial charge on any atom is 0.165 e. The monoisotopic (exact) mass is 275 g/mol. The number of para-hydroxylation sites is 2. The normalized spacial score (nSPS) is 10.3. The summed E-state index contributed by atoms with van der Waals surface area (Å²) in [4.78, 5) is 0. The molecule has 0 radical (unpaired) electrons. The quantitative estimate of drug-likeness (QED) is 0.790. The van der Waals surface area contributed by atoms with E-state index in [-0.39, 0.29) is 18.1 Å². The molecule has 0 aliphatic heterocycles. The third kappa shape index (κ3) is 3.96. The summed E-state index contributed by atoms with van der Waals surface area (Å²) < 4.78 is 24.6. The number of halogens is 1. The van der Waals surface area contributed by atoms with Crippen LogP contribution in [0.25, 0.3) is 0 Å². The summed E-state index contributed by atoms with van der Waals surface area (Å²) in [5.74, 6) is 0.688. The van der Waals surface area contributed by atoms with Crippen LogP contribution in [-0.2, 0) is 6.54 Å². The largest absolute Gasteiger partial charge is 0.493 e. The first-order valence-corrected chi connectivity index (χ1v) is 6.59. The van der Waals surface area contributed by atoms with Crippen LogP contribution >= 0.6 is 0 Å². The van der Waals surface area contributed by atoms with E-state index in [1.54, 1.807) is 12.1 Å². The van der Waals surface area contributed by atoms with E-state index in [1.165, 1.54) is 6.07 Å². The summed E-state index contributed by atoms with van der Waals surface area (Å²) >= 11 is 0. The molecule has 0 fully saturated rings. The summed E-state index contributed by atoms with van der Waals surface area (Å²) in [5.41, 5.74) is 6.23. The minimum Gasteiger partial charge on any atom is -0.493 e. The fourth-order valence-electron chi connectivity index (χ4n) is 1.82. The van der Waals surface area contributed by atoms with Gasteiger partial charge in [-0.1, -0.05) is 30.3 Å². The van der Waals surface area contributed by atoms with Gasteiger partial charge in [0.25, 0.3) is 0 Å². The van der Waals surface area contributed by atoms with Gasteiger partial charge in [-0.3, -0.25) is 0 Å². The molecule has 0 unspecified atom stereocenters. The Morgan fingerprint density at radius 3 is 2.40 bits per heavy atom. The van der Waals surface area contributed by atoms with Gasteiger partial charge in [-0.25, -0.2) is 4.39 Å². The van der Waals surface area contributed by atoms with Crippen molar-refractivity contribution >= 4 is 0 Å². The van der Waals surface area contributed by atoms with Crippen molar-refractivity contribution in [2.45, 2.75) is 13.0 Å². The second-order valence-electron chi connectivity index (χ2n) is 4.30. The molecule has 2 N–H and O–H groups in total. The Morgan fingerprint density at radius 1 is 0.900 bits per heavy atom. The highest BCUT2D eigenvalue weighted by molar-refractivity contribution is 5.34. The molecule has 0 spiro atoms. The van der Waals surface area contributed by atoms with E-state index in [2.05, 4.69) is 0 Å². The summed E-state index contributed by atoms with van der Waals surface area (Å²) in [7, 11) is 0. The van der Waals surface area contributed by atoms with E-state index < -0.39 is 0 Å². The first kappa shape index (κ1) is 14.3. The number of nitrogens with two attached hydrogens (primary N) is 1. The zero-order chi connectivity index (χ0) is 14.2. The van der Waals surface area contributed by atoms with Crippen LogP contribution in [0.2, 0.25) is 0 Å². The predicted octanol–water partition coefficient (Wildman–Crippen LogP) is 3.13. The molecule has 2 rings (SSSR count). The molecule has 0 amide bonds. The summed E-state index contributed by atoms with van der Waals surface area (Å²) in [6, 6.07) is 14.3. The topological polar surface area (TPSA) is 44.5 Å². The number of hydrogen-bond donors (Lipinski definition) is 1. The molecule has 0 aliphatic rings. The molecule has 106 valence electrons. The number of rotatable bonds is 7. The Labute approximate surface area is 118 Å². The number of benzene rings is 2. The van der Waals surface area contributed by atoms with Gasteiger partial charge in [0, 0.05) is 18.5 Å². The molecule has 2 aromatic rings. The minimum absolute atomic E-state index is 0.245. The van der Waals surface area contributed by atoms with E-state index in [0.717, 1.165) is 5.75 Å². The molecule has 0 saturated carbocycles. The lowest BCUT2D eigenvalue weighted by atomic mass is 10.2. The van der Waals surface area contributed by atoms with Crippen LogP contribution in [-0.4, -0.2) is 13.2 Å². The number of ether oxygens (including phenoxy) is 2. The zero-order valence-electron chi connectivity index (χ0n) is 11.2. The molecule has 20 heavy (non-hydrogen) atoms. The fraction of sp³-hybridized carbons (Fsp3) is 0.250. The Hall–Kier alpha value is -2.07. The zero-order valence-corrected chi connectivity index (χ0v) is 11.2. The van der Waals surface area contributed by atoms with Gasteiger partial charge in [-0.2, -0.15) is 0 Å². The fourth-order valence-corrected chi connectivity index (χ4v) is 1.82. The second-order valence-corrected chi connectivity index (χ2v) is 4.30. The highest BCUT2D eigenvalue weighted by Crippen LogP contribution is 2.22.